The van der Waals surface area contributed by atoms with Crippen LogP contribution in [-0.2, 0) is 4.74 Å². The Labute approximate surface area is 99.0 Å². The monoisotopic (exact) mass is 226 g/mol. The van der Waals surface area contributed by atoms with Gasteiger partial charge in [-0.3, -0.25) is 0 Å². The molecule has 1 aromatic heterocycles. The van der Waals surface area contributed by atoms with Crippen molar-refractivity contribution in [3.05, 3.63) is 63.7 Å². The first-order valence-electron chi connectivity index (χ1n) is 5.08. The van der Waals surface area contributed by atoms with Gasteiger partial charge in [0, 0.05) is 0 Å². The van der Waals surface area contributed by atoms with Gasteiger partial charge in [-0.05, 0) is 34.2 Å². The van der Waals surface area contributed by atoms with E-state index in [0.29, 0.717) is 0 Å². The Morgan fingerprint density at radius 2 is 2.00 bits per heavy atom. The predicted octanol–water partition coefficient (Wildman–Crippen LogP) is 3.68. The summed E-state index contributed by atoms with van der Waals surface area (Å²) < 4.78 is 5.44. The largest absolute Gasteiger partial charge is 0.495 e. The summed E-state index contributed by atoms with van der Waals surface area (Å²) in [7, 11) is 1.71. The minimum Gasteiger partial charge on any atom is -0.495 e. The smallest absolute Gasteiger partial charge is 0.136 e. The molecule has 2 radical (unpaired) electrons. The van der Waals surface area contributed by atoms with Crippen LogP contribution in [0.15, 0.2) is 35.7 Å². The zero-order valence-corrected chi connectivity index (χ0v) is 9.67. The van der Waals surface area contributed by atoms with Crippen LogP contribution in [0.25, 0.3) is 11.8 Å². The molecule has 0 unspecified atom stereocenters. The van der Waals surface area contributed by atoms with Gasteiger partial charge in [0.25, 0.3) is 0 Å². The van der Waals surface area contributed by atoms with Crippen LogP contribution in [0, 0.1) is 6.42 Å². The van der Waals surface area contributed by atoms with Crippen LogP contribution in [0.3, 0.4) is 0 Å². The second kappa shape index (κ2) is 3.80. The molecule has 0 saturated heterocycles. The van der Waals surface area contributed by atoms with Crippen molar-refractivity contribution in [2.45, 2.75) is 0 Å². The Hall–Kier alpha value is -1.54. The topological polar surface area (TPSA) is 9.23 Å². The summed E-state index contributed by atoms with van der Waals surface area (Å²) in [5.41, 5.74) is 3.39. The molecule has 3 rings (SSSR count). The highest BCUT2D eigenvalue weighted by Crippen LogP contribution is 2.34. The fourth-order valence-electron chi connectivity index (χ4n) is 1.84. The second-order valence-corrected chi connectivity index (χ2v) is 4.50. The number of methoxy groups -OCH3 is 1. The summed E-state index contributed by atoms with van der Waals surface area (Å²) in [6, 6.07) is 10.3. The molecule has 16 heavy (non-hydrogen) atoms. The Morgan fingerprint density at radius 3 is 2.88 bits per heavy atom. The van der Waals surface area contributed by atoms with Gasteiger partial charge in [0.05, 0.1) is 18.4 Å². The fraction of sp³-hybridized carbons (Fsp3) is 0.0714. The molecule has 0 fully saturated rings. The number of fused-ring (bicyclic) bond motifs is 2. The highest BCUT2D eigenvalue weighted by atomic mass is 32.1. The standard InChI is InChI=1S/C14H10OS/c1-15-13-9-11-5-3-2-4-10(11)8-12-6-7-16-14(12)13/h2-7,9H,1H3. The normalized spacial score (nSPS) is 13.4. The van der Waals surface area contributed by atoms with Crippen LogP contribution < -0.4 is 0 Å². The maximum atomic E-state index is 5.44. The lowest BCUT2D eigenvalue weighted by Gasteiger charge is -2.02. The second-order valence-electron chi connectivity index (χ2n) is 3.59. The van der Waals surface area contributed by atoms with Gasteiger partial charge in [-0.15, -0.1) is 11.3 Å². The van der Waals surface area contributed by atoms with Crippen LogP contribution in [0.5, 0.6) is 0 Å². The minimum absolute atomic E-state index is 0.919. The third kappa shape index (κ3) is 1.46. The van der Waals surface area contributed by atoms with Gasteiger partial charge < -0.3 is 4.74 Å². The SMILES string of the molecule is COC1=Cc2ccccc2[C]c2ccsc21. The number of hydrogen-bond donors (Lipinski definition) is 0. The van der Waals surface area contributed by atoms with Crippen LogP contribution >= 0.6 is 11.3 Å². The molecule has 0 aliphatic heterocycles. The molecule has 0 spiro atoms. The Morgan fingerprint density at radius 1 is 1.12 bits per heavy atom. The summed E-state index contributed by atoms with van der Waals surface area (Å²) in [6.07, 6.45) is 5.50. The number of thiophene rings is 1. The summed E-state index contributed by atoms with van der Waals surface area (Å²) in [5, 5.41) is 2.07. The molecular weight excluding hydrogens is 216 g/mol. The molecular formula is C14H10OS. The van der Waals surface area contributed by atoms with E-state index in [1.807, 2.05) is 12.1 Å². The number of benzene rings is 1. The zero-order valence-electron chi connectivity index (χ0n) is 8.86. The molecule has 2 heteroatoms. The van der Waals surface area contributed by atoms with Gasteiger partial charge in [0.15, 0.2) is 0 Å². The molecule has 0 amide bonds. The van der Waals surface area contributed by atoms with Crippen LogP contribution in [-0.4, -0.2) is 7.11 Å². The molecule has 1 aliphatic carbocycles. The lowest BCUT2D eigenvalue weighted by Crippen LogP contribution is -1.86. The lowest BCUT2D eigenvalue weighted by molar-refractivity contribution is 0.374. The van der Waals surface area contributed by atoms with E-state index in [1.165, 1.54) is 0 Å². The molecule has 1 aliphatic rings. The number of hydrogen-bond acceptors (Lipinski definition) is 2. The fourth-order valence-corrected chi connectivity index (χ4v) is 2.68. The first-order valence-corrected chi connectivity index (χ1v) is 5.96. The van der Waals surface area contributed by atoms with Crippen LogP contribution in [0.2, 0.25) is 0 Å². The predicted molar refractivity (Wildman–Crippen MR) is 67.1 cm³/mol. The number of ether oxygens (including phenoxy) is 1. The Kier molecular flexibility index (Phi) is 2.29. The third-order valence-electron chi connectivity index (χ3n) is 2.63. The van der Waals surface area contributed by atoms with Gasteiger partial charge in [-0.1, -0.05) is 24.3 Å². The van der Waals surface area contributed by atoms with Crippen molar-refractivity contribution >= 4 is 23.2 Å². The average Bonchev–Trinajstić information content (AvgIpc) is 2.70. The molecule has 1 nitrogen and oxygen atoms in total. The van der Waals surface area contributed by atoms with Gasteiger partial charge in [0.1, 0.15) is 5.76 Å². The molecule has 0 bridgehead atoms. The molecule has 0 saturated carbocycles. The maximum Gasteiger partial charge on any atom is 0.136 e. The first kappa shape index (κ1) is 9.67. The van der Waals surface area contributed by atoms with Crippen LogP contribution in [0.4, 0.5) is 0 Å². The Balaban J connectivity index is 2.23. The molecule has 0 atom stereocenters. The molecule has 78 valence electrons. The van der Waals surface area contributed by atoms with Gasteiger partial charge in [-0.25, -0.2) is 0 Å². The summed E-state index contributed by atoms with van der Waals surface area (Å²) in [6.45, 7) is 0. The van der Waals surface area contributed by atoms with Crippen molar-refractivity contribution in [2.24, 2.45) is 0 Å². The van der Waals surface area contributed by atoms with Gasteiger partial charge in [-0.2, -0.15) is 0 Å². The molecule has 1 heterocycles. The van der Waals surface area contributed by atoms with Crippen molar-refractivity contribution in [2.75, 3.05) is 7.11 Å². The summed E-state index contributed by atoms with van der Waals surface area (Å²) in [5.74, 6) is 0.919. The van der Waals surface area contributed by atoms with Crippen molar-refractivity contribution in [1.29, 1.82) is 0 Å². The summed E-state index contributed by atoms with van der Waals surface area (Å²) >= 11 is 1.69. The lowest BCUT2D eigenvalue weighted by atomic mass is 10.0. The average molecular weight is 226 g/mol. The maximum absolute atomic E-state index is 5.44. The first-order chi connectivity index (χ1) is 7.88. The van der Waals surface area contributed by atoms with Crippen molar-refractivity contribution in [1.82, 2.24) is 0 Å². The van der Waals surface area contributed by atoms with E-state index in [2.05, 4.69) is 36.1 Å². The molecule has 2 aromatic rings. The third-order valence-corrected chi connectivity index (χ3v) is 3.55. The van der Waals surface area contributed by atoms with Crippen molar-refractivity contribution in [3.63, 3.8) is 0 Å². The highest BCUT2D eigenvalue weighted by Gasteiger charge is 2.16. The number of rotatable bonds is 1. The van der Waals surface area contributed by atoms with E-state index >= 15 is 0 Å². The molecule has 1 aromatic carbocycles. The zero-order chi connectivity index (χ0) is 11.0. The quantitative estimate of drug-likeness (QED) is 0.720. The molecule has 0 N–H and O–H groups in total. The summed E-state index contributed by atoms with van der Waals surface area (Å²) in [4.78, 5) is 1.15. The highest BCUT2D eigenvalue weighted by molar-refractivity contribution is 7.11. The van der Waals surface area contributed by atoms with Gasteiger partial charge in [0.2, 0.25) is 0 Å². The van der Waals surface area contributed by atoms with E-state index < -0.39 is 0 Å². The van der Waals surface area contributed by atoms with E-state index in [4.69, 9.17) is 4.74 Å². The Bertz CT molecular complexity index is 551. The van der Waals surface area contributed by atoms with E-state index in [9.17, 15) is 0 Å². The van der Waals surface area contributed by atoms with E-state index in [1.54, 1.807) is 18.4 Å². The van der Waals surface area contributed by atoms with Gasteiger partial charge >= 0.3 is 0 Å². The minimum atomic E-state index is 0.919. The van der Waals surface area contributed by atoms with E-state index in [0.717, 1.165) is 27.3 Å². The van der Waals surface area contributed by atoms with Crippen molar-refractivity contribution in [3.8, 4) is 0 Å². The van der Waals surface area contributed by atoms with Crippen molar-refractivity contribution < 1.29 is 4.74 Å². The van der Waals surface area contributed by atoms with Crippen LogP contribution in [0.1, 0.15) is 21.6 Å². The van der Waals surface area contributed by atoms with E-state index in [-0.39, 0.29) is 0 Å².